The van der Waals surface area contributed by atoms with Gasteiger partial charge in [-0.25, -0.2) is 0 Å². The molecule has 0 saturated heterocycles. The molecule has 92 valence electrons. The minimum Gasteiger partial charge on any atom is -0.481 e. The van der Waals surface area contributed by atoms with Gasteiger partial charge < -0.3 is 10.4 Å². The molecule has 0 aromatic carbocycles. The molecule has 0 aliphatic carbocycles. The number of rotatable bonds is 6. The van der Waals surface area contributed by atoms with E-state index in [9.17, 15) is 9.59 Å². The highest BCUT2D eigenvalue weighted by Crippen LogP contribution is 2.04. The van der Waals surface area contributed by atoms with Gasteiger partial charge >= 0.3 is 5.97 Å². The molecule has 1 aromatic heterocycles. The summed E-state index contributed by atoms with van der Waals surface area (Å²) in [6.45, 7) is 2.12. The highest BCUT2D eigenvalue weighted by Gasteiger charge is 2.10. The molecule has 1 amide bonds. The van der Waals surface area contributed by atoms with Crippen molar-refractivity contribution in [2.75, 3.05) is 6.54 Å². The maximum Gasteiger partial charge on any atom is 0.306 e. The summed E-state index contributed by atoms with van der Waals surface area (Å²) in [5, 5.41) is 11.4. The highest BCUT2D eigenvalue weighted by atomic mass is 16.4. The summed E-state index contributed by atoms with van der Waals surface area (Å²) < 4.78 is 0. The number of hydrogen-bond donors (Lipinski definition) is 2. The monoisotopic (exact) mass is 236 g/mol. The molecule has 1 rings (SSSR count). The summed E-state index contributed by atoms with van der Waals surface area (Å²) in [7, 11) is 0. The summed E-state index contributed by atoms with van der Waals surface area (Å²) in [4.78, 5) is 26.0. The summed E-state index contributed by atoms with van der Waals surface area (Å²) in [5.74, 6) is -1.41. The predicted octanol–water partition coefficient (Wildman–Crippen LogP) is 1.31. The van der Waals surface area contributed by atoms with Crippen LogP contribution in [-0.2, 0) is 4.79 Å². The van der Waals surface area contributed by atoms with E-state index < -0.39 is 5.97 Å². The Hall–Kier alpha value is -1.91. The summed E-state index contributed by atoms with van der Waals surface area (Å²) in [6, 6.07) is 5.12. The van der Waals surface area contributed by atoms with Crippen LogP contribution in [0.3, 0.4) is 0 Å². The van der Waals surface area contributed by atoms with Crippen LogP contribution < -0.4 is 5.32 Å². The smallest absolute Gasteiger partial charge is 0.306 e. The molecular weight excluding hydrogens is 220 g/mol. The lowest BCUT2D eigenvalue weighted by molar-refractivity contribution is -0.141. The van der Waals surface area contributed by atoms with Crippen LogP contribution in [-0.4, -0.2) is 28.5 Å². The number of pyridine rings is 1. The van der Waals surface area contributed by atoms with Crippen molar-refractivity contribution in [1.29, 1.82) is 0 Å². The van der Waals surface area contributed by atoms with Gasteiger partial charge in [-0.05, 0) is 25.0 Å². The van der Waals surface area contributed by atoms with Gasteiger partial charge in [0, 0.05) is 12.7 Å². The minimum atomic E-state index is -0.805. The zero-order valence-electron chi connectivity index (χ0n) is 9.72. The van der Waals surface area contributed by atoms with Gasteiger partial charge in [0.15, 0.2) is 0 Å². The second kappa shape index (κ2) is 6.62. The van der Waals surface area contributed by atoms with E-state index in [-0.39, 0.29) is 11.8 Å². The molecule has 5 nitrogen and oxygen atoms in total. The topological polar surface area (TPSA) is 79.3 Å². The number of hydrogen-bond acceptors (Lipinski definition) is 3. The first-order valence-electron chi connectivity index (χ1n) is 5.53. The van der Waals surface area contributed by atoms with E-state index in [1.807, 2.05) is 0 Å². The Morgan fingerprint density at radius 2 is 2.24 bits per heavy atom. The van der Waals surface area contributed by atoms with Gasteiger partial charge in [0.2, 0.25) is 0 Å². The fourth-order valence-corrected chi connectivity index (χ4v) is 1.32. The molecule has 0 fully saturated rings. The van der Waals surface area contributed by atoms with Gasteiger partial charge in [-0.15, -0.1) is 0 Å². The first-order valence-corrected chi connectivity index (χ1v) is 5.53. The maximum atomic E-state index is 11.5. The van der Waals surface area contributed by atoms with Gasteiger partial charge in [-0.1, -0.05) is 13.0 Å². The number of carboxylic acid groups (broad SMARTS) is 1. The SMILES string of the molecule is CC(CCCNC(=O)c1ccccn1)C(=O)O. The second-order valence-electron chi connectivity index (χ2n) is 3.85. The zero-order chi connectivity index (χ0) is 12.7. The Balaban J connectivity index is 2.24. The number of nitrogens with one attached hydrogen (secondary N) is 1. The third kappa shape index (κ3) is 4.63. The first kappa shape index (κ1) is 13.2. The molecule has 2 N–H and O–H groups in total. The Bertz CT molecular complexity index is 379. The fourth-order valence-electron chi connectivity index (χ4n) is 1.32. The average Bonchev–Trinajstić information content (AvgIpc) is 2.35. The van der Waals surface area contributed by atoms with Gasteiger partial charge in [-0.2, -0.15) is 0 Å². The number of amides is 1. The van der Waals surface area contributed by atoms with Crippen molar-refractivity contribution in [2.45, 2.75) is 19.8 Å². The lowest BCUT2D eigenvalue weighted by Gasteiger charge is -2.06. The van der Waals surface area contributed by atoms with E-state index in [2.05, 4.69) is 10.3 Å². The standard InChI is InChI=1S/C12H16N2O3/c1-9(12(16)17)5-4-8-14-11(15)10-6-2-3-7-13-10/h2-3,6-7,9H,4-5,8H2,1H3,(H,14,15)(H,16,17). The van der Waals surface area contributed by atoms with Crippen molar-refractivity contribution in [2.24, 2.45) is 5.92 Å². The fraction of sp³-hybridized carbons (Fsp3) is 0.417. The van der Waals surface area contributed by atoms with Crippen molar-refractivity contribution >= 4 is 11.9 Å². The molecule has 1 aromatic rings. The van der Waals surface area contributed by atoms with Crippen LogP contribution in [0, 0.1) is 5.92 Å². The Morgan fingerprint density at radius 3 is 2.82 bits per heavy atom. The number of carbonyl (C=O) groups is 2. The first-order chi connectivity index (χ1) is 8.11. The van der Waals surface area contributed by atoms with E-state index in [1.54, 1.807) is 31.3 Å². The highest BCUT2D eigenvalue weighted by molar-refractivity contribution is 5.92. The molecule has 1 heterocycles. The third-order valence-electron chi connectivity index (χ3n) is 2.42. The maximum absolute atomic E-state index is 11.5. The third-order valence-corrected chi connectivity index (χ3v) is 2.42. The number of carbonyl (C=O) groups excluding carboxylic acids is 1. The Labute approximate surface area is 99.9 Å². The number of aliphatic carboxylic acids is 1. The molecule has 0 aliphatic rings. The second-order valence-corrected chi connectivity index (χ2v) is 3.85. The lowest BCUT2D eigenvalue weighted by atomic mass is 10.1. The quantitative estimate of drug-likeness (QED) is 0.730. The number of aromatic nitrogens is 1. The Morgan fingerprint density at radius 1 is 1.47 bits per heavy atom. The zero-order valence-corrected chi connectivity index (χ0v) is 9.72. The molecule has 0 spiro atoms. The molecule has 5 heteroatoms. The van der Waals surface area contributed by atoms with Crippen molar-refractivity contribution in [3.05, 3.63) is 30.1 Å². The Kier molecular flexibility index (Phi) is 5.13. The molecule has 0 aliphatic heterocycles. The molecule has 0 bridgehead atoms. The van der Waals surface area contributed by atoms with Crippen LogP contribution >= 0.6 is 0 Å². The van der Waals surface area contributed by atoms with Gasteiger partial charge in [-0.3, -0.25) is 14.6 Å². The van der Waals surface area contributed by atoms with E-state index in [1.165, 1.54) is 0 Å². The molecule has 1 unspecified atom stereocenters. The van der Waals surface area contributed by atoms with Gasteiger partial charge in [0.25, 0.3) is 5.91 Å². The van der Waals surface area contributed by atoms with Crippen molar-refractivity contribution in [3.8, 4) is 0 Å². The largest absolute Gasteiger partial charge is 0.481 e. The van der Waals surface area contributed by atoms with Crippen LogP contribution in [0.4, 0.5) is 0 Å². The summed E-state index contributed by atoms with van der Waals surface area (Å²) in [6.07, 6.45) is 2.76. The lowest BCUT2D eigenvalue weighted by Crippen LogP contribution is -2.25. The summed E-state index contributed by atoms with van der Waals surface area (Å²) >= 11 is 0. The van der Waals surface area contributed by atoms with Crippen molar-refractivity contribution in [3.63, 3.8) is 0 Å². The van der Waals surface area contributed by atoms with E-state index in [0.29, 0.717) is 25.1 Å². The van der Waals surface area contributed by atoms with E-state index in [0.717, 1.165) is 0 Å². The van der Waals surface area contributed by atoms with Crippen LogP contribution in [0.25, 0.3) is 0 Å². The number of carboxylic acids is 1. The summed E-state index contributed by atoms with van der Waals surface area (Å²) in [5.41, 5.74) is 0.374. The van der Waals surface area contributed by atoms with Crippen LogP contribution in [0.15, 0.2) is 24.4 Å². The van der Waals surface area contributed by atoms with E-state index >= 15 is 0 Å². The molecule has 0 saturated carbocycles. The van der Waals surface area contributed by atoms with E-state index in [4.69, 9.17) is 5.11 Å². The molecule has 1 atom stereocenters. The van der Waals surface area contributed by atoms with Crippen LogP contribution in [0.5, 0.6) is 0 Å². The normalized spacial score (nSPS) is 11.8. The molecule has 0 radical (unpaired) electrons. The van der Waals surface area contributed by atoms with Crippen molar-refractivity contribution < 1.29 is 14.7 Å². The van der Waals surface area contributed by atoms with Gasteiger partial charge in [0.1, 0.15) is 5.69 Å². The minimum absolute atomic E-state index is 0.228. The average molecular weight is 236 g/mol. The number of nitrogens with zero attached hydrogens (tertiary/aromatic N) is 1. The van der Waals surface area contributed by atoms with Crippen LogP contribution in [0.1, 0.15) is 30.3 Å². The predicted molar refractivity (Wildman–Crippen MR) is 62.6 cm³/mol. The van der Waals surface area contributed by atoms with Gasteiger partial charge in [0.05, 0.1) is 5.92 Å². The van der Waals surface area contributed by atoms with Crippen molar-refractivity contribution in [1.82, 2.24) is 10.3 Å². The molecule has 17 heavy (non-hydrogen) atoms. The molecular formula is C12H16N2O3. The van der Waals surface area contributed by atoms with Crippen LogP contribution in [0.2, 0.25) is 0 Å².